The van der Waals surface area contributed by atoms with Gasteiger partial charge in [0.2, 0.25) is 5.82 Å². The fraction of sp³-hybridized carbons (Fsp3) is 0.250. The Kier molecular flexibility index (Phi) is 3.58. The number of amides is 1. The maximum Gasteiger partial charge on any atom is 0.291 e. The first-order chi connectivity index (χ1) is 10.5. The van der Waals surface area contributed by atoms with Crippen LogP contribution < -0.4 is 5.32 Å². The molecule has 0 spiro atoms. The van der Waals surface area contributed by atoms with Crippen molar-refractivity contribution in [2.24, 2.45) is 0 Å². The largest absolute Gasteiger partial charge is 0.343 e. The molecule has 3 aromatic rings. The number of carbonyl (C=O) groups excluding carboxylic acids is 1. The lowest BCUT2D eigenvalue weighted by atomic mass is 10.1. The van der Waals surface area contributed by atoms with Gasteiger partial charge in [0, 0.05) is 11.4 Å². The monoisotopic (exact) mass is 295 g/mol. The Labute approximate surface area is 128 Å². The quantitative estimate of drug-likeness (QED) is 0.804. The van der Waals surface area contributed by atoms with Crippen LogP contribution in [-0.4, -0.2) is 25.5 Å². The fourth-order valence-electron chi connectivity index (χ4n) is 2.35. The molecule has 0 unspecified atom stereocenters. The van der Waals surface area contributed by atoms with Crippen LogP contribution in [0.2, 0.25) is 0 Å². The van der Waals surface area contributed by atoms with Gasteiger partial charge in [0.25, 0.3) is 11.7 Å². The van der Waals surface area contributed by atoms with Crippen molar-refractivity contribution in [2.75, 3.05) is 0 Å². The Morgan fingerprint density at radius 2 is 1.91 bits per heavy atom. The summed E-state index contributed by atoms with van der Waals surface area (Å²) in [5, 5.41) is 7.13. The number of fused-ring (bicyclic) bond motifs is 1. The molecule has 22 heavy (non-hydrogen) atoms. The molecule has 0 aliphatic carbocycles. The minimum atomic E-state index is -0.307. The van der Waals surface area contributed by atoms with E-state index in [0.29, 0.717) is 5.78 Å². The molecule has 2 heterocycles. The van der Waals surface area contributed by atoms with E-state index in [9.17, 15) is 4.79 Å². The van der Waals surface area contributed by atoms with E-state index in [1.54, 1.807) is 4.52 Å². The van der Waals surface area contributed by atoms with E-state index in [1.807, 2.05) is 57.2 Å². The molecule has 0 saturated carbocycles. The van der Waals surface area contributed by atoms with E-state index in [4.69, 9.17) is 0 Å². The molecule has 112 valence electrons. The second kappa shape index (κ2) is 5.55. The van der Waals surface area contributed by atoms with E-state index in [2.05, 4.69) is 20.4 Å². The first-order valence-corrected chi connectivity index (χ1v) is 7.11. The highest BCUT2D eigenvalue weighted by Crippen LogP contribution is 2.12. The topological polar surface area (TPSA) is 72.2 Å². The third-order valence-electron chi connectivity index (χ3n) is 3.47. The van der Waals surface area contributed by atoms with Crippen molar-refractivity contribution in [3.8, 4) is 0 Å². The van der Waals surface area contributed by atoms with Crippen LogP contribution in [-0.2, 0) is 0 Å². The van der Waals surface area contributed by atoms with Gasteiger partial charge in [-0.1, -0.05) is 30.3 Å². The van der Waals surface area contributed by atoms with Crippen molar-refractivity contribution in [3.63, 3.8) is 0 Å². The molecule has 1 atom stereocenters. The summed E-state index contributed by atoms with van der Waals surface area (Å²) in [6.07, 6.45) is 0. The normalized spacial score (nSPS) is 12.3. The number of aromatic nitrogens is 4. The predicted molar refractivity (Wildman–Crippen MR) is 82.6 cm³/mol. The van der Waals surface area contributed by atoms with E-state index in [-0.39, 0.29) is 17.8 Å². The SMILES string of the molecule is Cc1cc(C)n2nc(C(=O)N[C@@H](C)c3ccccc3)nc2n1. The van der Waals surface area contributed by atoms with E-state index in [0.717, 1.165) is 17.0 Å². The third kappa shape index (κ3) is 2.67. The summed E-state index contributed by atoms with van der Waals surface area (Å²) >= 11 is 0. The molecule has 2 aromatic heterocycles. The van der Waals surface area contributed by atoms with Crippen LogP contribution >= 0.6 is 0 Å². The van der Waals surface area contributed by atoms with Crippen LogP contribution in [0.25, 0.3) is 5.78 Å². The summed E-state index contributed by atoms with van der Waals surface area (Å²) < 4.78 is 1.58. The van der Waals surface area contributed by atoms with Crippen molar-refractivity contribution in [1.29, 1.82) is 0 Å². The third-order valence-corrected chi connectivity index (χ3v) is 3.47. The average Bonchev–Trinajstić information content (AvgIpc) is 2.92. The number of rotatable bonds is 3. The second-order valence-corrected chi connectivity index (χ2v) is 5.29. The molecule has 0 radical (unpaired) electrons. The predicted octanol–water partition coefficient (Wildman–Crippen LogP) is 2.23. The van der Waals surface area contributed by atoms with Crippen LogP contribution in [0, 0.1) is 13.8 Å². The Hall–Kier alpha value is -2.76. The summed E-state index contributed by atoms with van der Waals surface area (Å²) in [6, 6.07) is 11.5. The minimum Gasteiger partial charge on any atom is -0.343 e. The van der Waals surface area contributed by atoms with Gasteiger partial charge in [-0.05, 0) is 32.4 Å². The maximum atomic E-state index is 12.3. The number of carbonyl (C=O) groups is 1. The van der Waals surface area contributed by atoms with Crippen molar-refractivity contribution >= 4 is 11.7 Å². The zero-order valence-corrected chi connectivity index (χ0v) is 12.7. The van der Waals surface area contributed by atoms with Crippen LogP contribution in [0.5, 0.6) is 0 Å². The molecular weight excluding hydrogens is 278 g/mol. The van der Waals surface area contributed by atoms with Crippen LogP contribution in [0.15, 0.2) is 36.4 Å². The second-order valence-electron chi connectivity index (χ2n) is 5.29. The van der Waals surface area contributed by atoms with Gasteiger partial charge in [0.05, 0.1) is 6.04 Å². The lowest BCUT2D eigenvalue weighted by Gasteiger charge is -2.12. The molecular formula is C16H17N5O. The smallest absolute Gasteiger partial charge is 0.291 e. The van der Waals surface area contributed by atoms with Crippen molar-refractivity contribution in [3.05, 3.63) is 59.2 Å². The van der Waals surface area contributed by atoms with Gasteiger partial charge < -0.3 is 5.32 Å². The van der Waals surface area contributed by atoms with Gasteiger partial charge in [-0.2, -0.15) is 4.98 Å². The molecule has 0 fully saturated rings. The van der Waals surface area contributed by atoms with E-state index in [1.165, 1.54) is 0 Å². The fourth-order valence-corrected chi connectivity index (χ4v) is 2.35. The highest BCUT2D eigenvalue weighted by molar-refractivity contribution is 5.91. The van der Waals surface area contributed by atoms with Gasteiger partial charge >= 0.3 is 0 Å². The van der Waals surface area contributed by atoms with Crippen molar-refractivity contribution < 1.29 is 4.79 Å². The molecule has 6 nitrogen and oxygen atoms in total. The summed E-state index contributed by atoms with van der Waals surface area (Å²) in [5.74, 6) is 0.262. The first-order valence-electron chi connectivity index (χ1n) is 7.11. The summed E-state index contributed by atoms with van der Waals surface area (Å²) in [5.41, 5.74) is 2.77. The molecule has 0 bridgehead atoms. The standard InChI is InChI=1S/C16H17N5O/c1-10-9-11(2)21-16(17-10)19-14(20-21)15(22)18-12(3)13-7-5-4-6-8-13/h4-9,12H,1-3H3,(H,18,22)/t12-/m0/s1. The Morgan fingerprint density at radius 1 is 1.18 bits per heavy atom. The first kappa shape index (κ1) is 14.2. The van der Waals surface area contributed by atoms with E-state index >= 15 is 0 Å². The summed E-state index contributed by atoms with van der Waals surface area (Å²) in [7, 11) is 0. The minimum absolute atomic E-state index is 0.115. The summed E-state index contributed by atoms with van der Waals surface area (Å²) in [4.78, 5) is 20.8. The number of benzene rings is 1. The van der Waals surface area contributed by atoms with Crippen LogP contribution in [0.3, 0.4) is 0 Å². The average molecular weight is 295 g/mol. The number of hydrogen-bond acceptors (Lipinski definition) is 4. The Balaban J connectivity index is 1.85. The lowest BCUT2D eigenvalue weighted by molar-refractivity contribution is 0.0929. The molecule has 3 rings (SSSR count). The molecule has 1 amide bonds. The Bertz CT molecular complexity index is 825. The number of hydrogen-bond donors (Lipinski definition) is 1. The van der Waals surface area contributed by atoms with E-state index < -0.39 is 0 Å². The maximum absolute atomic E-state index is 12.3. The van der Waals surface area contributed by atoms with Crippen LogP contribution in [0.1, 0.15) is 40.5 Å². The van der Waals surface area contributed by atoms with Gasteiger partial charge in [-0.3, -0.25) is 4.79 Å². The number of nitrogens with one attached hydrogen (secondary N) is 1. The highest BCUT2D eigenvalue weighted by atomic mass is 16.2. The van der Waals surface area contributed by atoms with Gasteiger partial charge in [0.15, 0.2) is 0 Å². The zero-order valence-electron chi connectivity index (χ0n) is 12.7. The molecule has 0 saturated heterocycles. The van der Waals surface area contributed by atoms with Crippen molar-refractivity contribution in [2.45, 2.75) is 26.8 Å². The van der Waals surface area contributed by atoms with Gasteiger partial charge in [-0.25, -0.2) is 9.50 Å². The molecule has 0 aliphatic heterocycles. The molecule has 0 aliphatic rings. The van der Waals surface area contributed by atoms with Crippen LogP contribution in [0.4, 0.5) is 0 Å². The van der Waals surface area contributed by atoms with Gasteiger partial charge in [-0.15, -0.1) is 5.10 Å². The molecule has 1 N–H and O–H groups in total. The lowest BCUT2D eigenvalue weighted by Crippen LogP contribution is -2.27. The molecule has 1 aromatic carbocycles. The summed E-state index contributed by atoms with van der Waals surface area (Å²) in [6.45, 7) is 5.72. The van der Waals surface area contributed by atoms with Crippen molar-refractivity contribution in [1.82, 2.24) is 24.9 Å². The van der Waals surface area contributed by atoms with Gasteiger partial charge in [0.1, 0.15) is 0 Å². The Morgan fingerprint density at radius 3 is 2.64 bits per heavy atom. The molecule has 6 heteroatoms. The number of aryl methyl sites for hydroxylation is 2. The zero-order chi connectivity index (χ0) is 15.7. The highest BCUT2D eigenvalue weighted by Gasteiger charge is 2.17. The number of nitrogens with zero attached hydrogens (tertiary/aromatic N) is 4.